The number of hydrogen-bond acceptors (Lipinski definition) is 7. The molecule has 1 atom stereocenters. The molecule has 47 heavy (non-hydrogen) atoms. The van der Waals surface area contributed by atoms with Crippen LogP contribution in [0, 0.1) is 3.57 Å². The van der Waals surface area contributed by atoms with Crippen LogP contribution < -0.4 is 19.6 Å². The topological polar surface area (TPSA) is 69.9 Å². The number of halogens is 3. The van der Waals surface area contributed by atoms with Gasteiger partial charge in [0, 0.05) is 25.5 Å². The standard InChI is InChI=1S/C36H27BrClIN2O4S2/c1-3-44-35(43)30-31(22-9-5-4-6-10-22)40-36-41(32(30)23-12-14-27(46-2)15-13-23)34(42)29(47-36)18-24-17-25(37)19-28(39)33(24)45-20-21-8-7-11-26(38)16-21/h4-19,32H,3,20H2,1-2H3/b29-18-/t32-/m0/s1. The average molecular weight is 858 g/mol. The fraction of sp³-hybridized carbons (Fsp3) is 0.139. The van der Waals surface area contributed by atoms with E-state index in [-0.39, 0.29) is 12.2 Å². The summed E-state index contributed by atoms with van der Waals surface area (Å²) in [4.78, 5) is 34.7. The molecule has 5 aromatic rings. The highest BCUT2D eigenvalue weighted by Crippen LogP contribution is 2.36. The van der Waals surface area contributed by atoms with Crippen molar-refractivity contribution in [2.24, 2.45) is 4.99 Å². The van der Waals surface area contributed by atoms with E-state index in [2.05, 4.69) is 38.5 Å². The molecule has 0 radical (unpaired) electrons. The maximum atomic E-state index is 14.4. The van der Waals surface area contributed by atoms with Gasteiger partial charge in [0.2, 0.25) is 0 Å². The van der Waals surface area contributed by atoms with Gasteiger partial charge in [0.05, 0.1) is 32.0 Å². The smallest absolute Gasteiger partial charge is 0.338 e. The quantitative estimate of drug-likeness (QED) is 0.0849. The molecule has 1 aliphatic heterocycles. The Morgan fingerprint density at radius 1 is 1.09 bits per heavy atom. The highest BCUT2D eigenvalue weighted by atomic mass is 127. The van der Waals surface area contributed by atoms with Gasteiger partial charge < -0.3 is 9.47 Å². The first-order valence-electron chi connectivity index (χ1n) is 14.6. The van der Waals surface area contributed by atoms with Gasteiger partial charge in [0.25, 0.3) is 5.56 Å². The van der Waals surface area contributed by atoms with Crippen LogP contribution in [0.3, 0.4) is 0 Å². The Labute approximate surface area is 307 Å². The van der Waals surface area contributed by atoms with Crippen LogP contribution in [0.5, 0.6) is 5.75 Å². The summed E-state index contributed by atoms with van der Waals surface area (Å²) < 4.78 is 15.7. The van der Waals surface area contributed by atoms with E-state index in [1.165, 1.54) is 11.3 Å². The largest absolute Gasteiger partial charge is 0.487 e. The predicted molar refractivity (Wildman–Crippen MR) is 202 cm³/mol. The number of thiazole rings is 1. The Hall–Kier alpha value is -3.16. The van der Waals surface area contributed by atoms with Gasteiger partial charge in [-0.1, -0.05) is 93.5 Å². The van der Waals surface area contributed by atoms with Gasteiger partial charge >= 0.3 is 5.97 Å². The Kier molecular flexibility index (Phi) is 10.7. The molecule has 0 fully saturated rings. The molecule has 1 aromatic heterocycles. The number of hydrogen-bond donors (Lipinski definition) is 0. The van der Waals surface area contributed by atoms with Crippen molar-refractivity contribution in [1.29, 1.82) is 0 Å². The van der Waals surface area contributed by atoms with E-state index in [1.807, 2.05) is 103 Å². The van der Waals surface area contributed by atoms with Crippen LogP contribution in [0.15, 0.2) is 116 Å². The van der Waals surface area contributed by atoms with E-state index in [0.717, 1.165) is 35.2 Å². The fourth-order valence-corrected chi connectivity index (χ4v) is 8.62. The molecular formula is C36H27BrClIN2O4S2. The summed E-state index contributed by atoms with van der Waals surface area (Å²) in [6.45, 7) is 2.26. The van der Waals surface area contributed by atoms with Gasteiger partial charge in [-0.3, -0.25) is 9.36 Å². The summed E-state index contributed by atoms with van der Waals surface area (Å²) in [5.74, 6) is 0.127. The maximum Gasteiger partial charge on any atom is 0.338 e. The molecule has 0 saturated heterocycles. The zero-order valence-corrected chi connectivity index (χ0v) is 31.3. The number of aromatic nitrogens is 1. The summed E-state index contributed by atoms with van der Waals surface area (Å²) in [5, 5.41) is 0.632. The molecule has 0 N–H and O–H groups in total. The molecule has 0 aliphatic carbocycles. The van der Waals surface area contributed by atoms with E-state index < -0.39 is 12.0 Å². The molecule has 11 heteroatoms. The normalized spacial score (nSPS) is 14.5. The first-order chi connectivity index (χ1) is 22.8. The van der Waals surface area contributed by atoms with Crippen LogP contribution in [0.1, 0.15) is 35.2 Å². The third-order valence-electron chi connectivity index (χ3n) is 7.40. The number of carbonyl (C=O) groups excluding carboxylic acids is 1. The maximum absolute atomic E-state index is 14.4. The summed E-state index contributed by atoms with van der Waals surface area (Å²) in [7, 11) is 0. The molecule has 4 aromatic carbocycles. The van der Waals surface area contributed by atoms with Gasteiger partial charge in [0.15, 0.2) is 4.80 Å². The molecule has 6 rings (SSSR count). The van der Waals surface area contributed by atoms with E-state index in [9.17, 15) is 9.59 Å². The highest BCUT2D eigenvalue weighted by Gasteiger charge is 2.35. The predicted octanol–water partition coefficient (Wildman–Crippen LogP) is 8.26. The van der Waals surface area contributed by atoms with Crippen LogP contribution >= 0.6 is 73.2 Å². The first-order valence-corrected chi connectivity index (χ1v) is 18.8. The van der Waals surface area contributed by atoms with Crippen LogP contribution in [-0.4, -0.2) is 23.4 Å². The molecule has 0 amide bonds. The number of ether oxygens (including phenoxy) is 2. The SMILES string of the molecule is CCOC(=O)C1=C(c2ccccc2)N=c2s/c(=C\c3cc(Br)cc(I)c3OCc3cccc(Cl)c3)c(=O)n2[C@H]1c1ccc(SC)cc1. The second kappa shape index (κ2) is 14.9. The Morgan fingerprint density at radius 2 is 1.85 bits per heavy atom. The minimum atomic E-state index is -0.750. The second-order valence-corrected chi connectivity index (χ2v) is 14.8. The van der Waals surface area contributed by atoms with E-state index in [4.69, 9.17) is 26.1 Å². The van der Waals surface area contributed by atoms with Gasteiger partial charge in [-0.05, 0) is 89.4 Å². The number of rotatable bonds is 9. The molecule has 0 unspecified atom stereocenters. The second-order valence-electron chi connectivity index (χ2n) is 10.4. The fourth-order valence-electron chi connectivity index (χ4n) is 5.31. The number of benzene rings is 4. The molecule has 0 spiro atoms. The van der Waals surface area contributed by atoms with Crippen molar-refractivity contribution in [3.05, 3.63) is 152 Å². The van der Waals surface area contributed by atoms with Gasteiger partial charge in [-0.25, -0.2) is 9.79 Å². The molecule has 2 heterocycles. The van der Waals surface area contributed by atoms with Crippen molar-refractivity contribution in [3.8, 4) is 5.75 Å². The van der Waals surface area contributed by atoms with E-state index >= 15 is 0 Å². The monoisotopic (exact) mass is 856 g/mol. The minimum absolute atomic E-state index is 0.187. The molecule has 0 bridgehead atoms. The van der Waals surface area contributed by atoms with Crippen LogP contribution in [0.25, 0.3) is 11.8 Å². The molecule has 6 nitrogen and oxygen atoms in total. The van der Waals surface area contributed by atoms with Gasteiger partial charge in [0.1, 0.15) is 12.4 Å². The van der Waals surface area contributed by atoms with Crippen LogP contribution in [0.4, 0.5) is 0 Å². The zero-order valence-electron chi connectivity index (χ0n) is 25.2. The van der Waals surface area contributed by atoms with Crippen molar-refractivity contribution in [3.63, 3.8) is 0 Å². The third kappa shape index (κ3) is 7.31. The van der Waals surface area contributed by atoms with Crippen molar-refractivity contribution in [2.75, 3.05) is 12.9 Å². The van der Waals surface area contributed by atoms with Gasteiger partial charge in [-0.2, -0.15) is 0 Å². The summed E-state index contributed by atoms with van der Waals surface area (Å²) in [5.41, 5.74) is 3.73. The Morgan fingerprint density at radius 3 is 2.55 bits per heavy atom. The first kappa shape index (κ1) is 33.7. The van der Waals surface area contributed by atoms with E-state index in [0.29, 0.717) is 38.0 Å². The van der Waals surface area contributed by atoms with Crippen LogP contribution in [-0.2, 0) is 16.1 Å². The molecule has 238 valence electrons. The molecule has 0 saturated carbocycles. The summed E-state index contributed by atoms with van der Waals surface area (Å²) in [6.07, 6.45) is 3.83. The molecule has 1 aliphatic rings. The van der Waals surface area contributed by atoms with Crippen molar-refractivity contribution < 1.29 is 14.3 Å². The van der Waals surface area contributed by atoms with Gasteiger partial charge in [-0.15, -0.1) is 11.8 Å². The minimum Gasteiger partial charge on any atom is -0.487 e. The van der Waals surface area contributed by atoms with Crippen molar-refractivity contribution in [2.45, 2.75) is 24.5 Å². The van der Waals surface area contributed by atoms with Crippen LogP contribution in [0.2, 0.25) is 5.02 Å². The van der Waals surface area contributed by atoms with E-state index in [1.54, 1.807) is 23.3 Å². The number of carbonyl (C=O) groups is 1. The van der Waals surface area contributed by atoms with Crippen molar-refractivity contribution >= 4 is 91.0 Å². The summed E-state index contributed by atoms with van der Waals surface area (Å²) >= 11 is 14.9. The Balaban J connectivity index is 1.56. The molecular weight excluding hydrogens is 831 g/mol. The number of nitrogens with zero attached hydrogens (tertiary/aromatic N) is 2. The highest BCUT2D eigenvalue weighted by molar-refractivity contribution is 14.1. The zero-order chi connectivity index (χ0) is 33.1. The number of fused-ring (bicyclic) bond motifs is 1. The third-order valence-corrected chi connectivity index (χ3v) is 10.6. The number of esters is 1. The lowest BCUT2D eigenvalue weighted by Gasteiger charge is -2.26. The van der Waals surface area contributed by atoms with Crippen molar-refractivity contribution in [1.82, 2.24) is 4.57 Å². The Bertz CT molecular complexity index is 2180. The number of thioether (sulfide) groups is 1. The lowest BCUT2D eigenvalue weighted by atomic mass is 9.93. The average Bonchev–Trinajstić information content (AvgIpc) is 3.38. The lowest BCUT2D eigenvalue weighted by molar-refractivity contribution is -0.138. The lowest BCUT2D eigenvalue weighted by Crippen LogP contribution is -2.40. The summed E-state index contributed by atoms with van der Waals surface area (Å²) in [6, 6.07) is 28.1.